The largest absolute Gasteiger partial charge is 0.328 e. The lowest BCUT2D eigenvalue weighted by molar-refractivity contribution is -0.906. The minimum atomic E-state index is 0.811. The maximum atomic E-state index is 2.46. The molecule has 1 saturated carbocycles. The van der Waals surface area contributed by atoms with E-state index in [-0.39, 0.29) is 0 Å². The van der Waals surface area contributed by atoms with E-state index in [1.165, 1.54) is 0 Å². The highest BCUT2D eigenvalue weighted by molar-refractivity contribution is 4.89. The molecular formula is C14H30N+. The Labute approximate surface area is 96.4 Å². The van der Waals surface area contributed by atoms with Gasteiger partial charge in [-0.05, 0) is 17.8 Å². The first-order valence-electron chi connectivity index (χ1n) is 6.49. The van der Waals surface area contributed by atoms with Gasteiger partial charge in [0.15, 0.2) is 0 Å². The fourth-order valence-electron chi connectivity index (χ4n) is 3.95. The molecule has 6 atom stereocenters. The lowest BCUT2D eigenvalue weighted by Gasteiger charge is -2.52. The van der Waals surface area contributed by atoms with Crippen molar-refractivity contribution < 1.29 is 4.48 Å². The van der Waals surface area contributed by atoms with Crippen LogP contribution in [-0.4, -0.2) is 31.7 Å². The summed E-state index contributed by atoms with van der Waals surface area (Å²) < 4.78 is 1.11. The Balaban J connectivity index is 2.97. The van der Waals surface area contributed by atoms with E-state index in [4.69, 9.17) is 0 Å². The molecule has 1 aliphatic carbocycles. The highest BCUT2D eigenvalue weighted by atomic mass is 15.3. The smallest absolute Gasteiger partial charge is 0.0941 e. The molecular weight excluding hydrogens is 182 g/mol. The van der Waals surface area contributed by atoms with Crippen LogP contribution in [0.1, 0.15) is 34.6 Å². The summed E-state index contributed by atoms with van der Waals surface area (Å²) in [7, 11) is 7.06. The molecule has 1 nitrogen and oxygen atoms in total. The van der Waals surface area contributed by atoms with Crippen molar-refractivity contribution >= 4 is 0 Å². The summed E-state index contributed by atoms with van der Waals surface area (Å²) in [6.07, 6.45) is 0. The van der Waals surface area contributed by atoms with E-state index in [1.807, 2.05) is 0 Å². The van der Waals surface area contributed by atoms with Crippen LogP contribution in [0.3, 0.4) is 0 Å². The Morgan fingerprint density at radius 2 is 0.800 bits per heavy atom. The summed E-state index contributed by atoms with van der Waals surface area (Å²) >= 11 is 0. The van der Waals surface area contributed by atoms with E-state index in [0.717, 1.165) is 40.1 Å². The second-order valence-corrected chi connectivity index (χ2v) is 6.90. The molecule has 0 aromatic heterocycles. The minimum absolute atomic E-state index is 0.811. The van der Waals surface area contributed by atoms with Crippen molar-refractivity contribution in [2.45, 2.75) is 40.7 Å². The third-order valence-electron chi connectivity index (χ3n) is 5.29. The Hall–Kier alpha value is -0.0400. The van der Waals surface area contributed by atoms with Crippen LogP contribution in [0.15, 0.2) is 0 Å². The molecule has 1 fully saturated rings. The zero-order valence-corrected chi connectivity index (χ0v) is 11.9. The number of hydrogen-bond donors (Lipinski definition) is 0. The summed E-state index contributed by atoms with van der Waals surface area (Å²) in [5, 5.41) is 0. The van der Waals surface area contributed by atoms with E-state index in [9.17, 15) is 0 Å². The fourth-order valence-corrected chi connectivity index (χ4v) is 3.95. The molecule has 1 rings (SSSR count). The van der Waals surface area contributed by atoms with E-state index >= 15 is 0 Å². The summed E-state index contributed by atoms with van der Waals surface area (Å²) in [6.45, 7) is 12.2. The van der Waals surface area contributed by atoms with Gasteiger partial charge < -0.3 is 4.48 Å². The van der Waals surface area contributed by atoms with Crippen LogP contribution >= 0.6 is 0 Å². The van der Waals surface area contributed by atoms with Crippen molar-refractivity contribution in [2.75, 3.05) is 21.1 Å². The molecule has 0 spiro atoms. The van der Waals surface area contributed by atoms with E-state index in [1.54, 1.807) is 0 Å². The van der Waals surface area contributed by atoms with E-state index in [2.05, 4.69) is 55.8 Å². The fraction of sp³-hybridized carbons (Fsp3) is 1.00. The minimum Gasteiger partial charge on any atom is -0.328 e. The molecule has 5 unspecified atom stereocenters. The normalized spacial score (nSPS) is 48.0. The van der Waals surface area contributed by atoms with Gasteiger partial charge in [-0.1, -0.05) is 34.6 Å². The predicted octanol–water partition coefficient (Wildman–Crippen LogP) is 3.26. The molecule has 0 aromatic rings. The molecule has 0 heterocycles. The van der Waals surface area contributed by atoms with Crippen molar-refractivity contribution in [3.05, 3.63) is 0 Å². The van der Waals surface area contributed by atoms with Gasteiger partial charge in [-0.15, -0.1) is 0 Å². The van der Waals surface area contributed by atoms with Crippen LogP contribution in [0.25, 0.3) is 0 Å². The van der Waals surface area contributed by atoms with Gasteiger partial charge in [-0.25, -0.2) is 0 Å². The number of rotatable bonds is 1. The first-order chi connectivity index (χ1) is 6.68. The predicted molar refractivity (Wildman–Crippen MR) is 67.6 cm³/mol. The van der Waals surface area contributed by atoms with Gasteiger partial charge in [0.05, 0.1) is 27.2 Å². The molecule has 0 radical (unpaired) electrons. The van der Waals surface area contributed by atoms with Crippen molar-refractivity contribution in [1.29, 1.82) is 0 Å². The third kappa shape index (κ3) is 2.22. The van der Waals surface area contributed by atoms with Crippen molar-refractivity contribution in [1.82, 2.24) is 0 Å². The molecule has 0 aromatic carbocycles. The monoisotopic (exact) mass is 212 g/mol. The van der Waals surface area contributed by atoms with Crippen LogP contribution in [-0.2, 0) is 0 Å². The van der Waals surface area contributed by atoms with Crippen molar-refractivity contribution in [2.24, 2.45) is 29.6 Å². The Morgan fingerprint density at radius 1 is 0.533 bits per heavy atom. The molecule has 0 amide bonds. The Bertz CT molecular complexity index is 200. The average molecular weight is 212 g/mol. The van der Waals surface area contributed by atoms with E-state index < -0.39 is 0 Å². The topological polar surface area (TPSA) is 0 Å². The molecule has 1 aliphatic rings. The summed E-state index contributed by atoms with van der Waals surface area (Å²) in [5.41, 5.74) is 0. The number of hydrogen-bond acceptors (Lipinski definition) is 0. The van der Waals surface area contributed by atoms with Crippen molar-refractivity contribution in [3.63, 3.8) is 0 Å². The first-order valence-corrected chi connectivity index (χ1v) is 6.49. The Morgan fingerprint density at radius 3 is 1.07 bits per heavy atom. The second kappa shape index (κ2) is 4.08. The molecule has 0 bridgehead atoms. The summed E-state index contributed by atoms with van der Waals surface area (Å²) in [6, 6.07) is 0.811. The molecule has 15 heavy (non-hydrogen) atoms. The lowest BCUT2D eigenvalue weighted by atomic mass is 9.61. The highest BCUT2D eigenvalue weighted by Crippen LogP contribution is 2.44. The number of quaternary nitrogens is 1. The second-order valence-electron chi connectivity index (χ2n) is 6.90. The van der Waals surface area contributed by atoms with Crippen LogP contribution in [0.5, 0.6) is 0 Å². The molecule has 0 aliphatic heterocycles. The van der Waals surface area contributed by atoms with E-state index in [0.29, 0.717) is 0 Å². The van der Waals surface area contributed by atoms with Crippen molar-refractivity contribution in [3.8, 4) is 0 Å². The standard InChI is InChI=1S/C14H30N/c1-9-10(2)12(4)14(15(6,7)8)13(5)11(9)3/h9-14H,1-8H3/q+1/t9?,10?,11?,12-,13?,14?/m1/s1. The molecule has 0 N–H and O–H groups in total. The maximum Gasteiger partial charge on any atom is 0.0941 e. The highest BCUT2D eigenvalue weighted by Gasteiger charge is 2.47. The summed E-state index contributed by atoms with van der Waals surface area (Å²) in [4.78, 5) is 0. The third-order valence-corrected chi connectivity index (χ3v) is 5.29. The quantitative estimate of drug-likeness (QED) is 0.585. The zero-order chi connectivity index (χ0) is 12.0. The van der Waals surface area contributed by atoms with Crippen LogP contribution in [0.2, 0.25) is 0 Å². The van der Waals surface area contributed by atoms with Crippen LogP contribution in [0, 0.1) is 29.6 Å². The molecule has 1 heteroatoms. The SMILES string of the molecule is CC1C(C)C(C)[C@@H](C)C([N+](C)(C)C)C1C. The number of nitrogens with zero attached hydrogens (tertiary/aromatic N) is 1. The molecule has 90 valence electrons. The zero-order valence-electron chi connectivity index (χ0n) is 11.9. The van der Waals surface area contributed by atoms with Gasteiger partial charge >= 0.3 is 0 Å². The summed E-state index contributed by atoms with van der Waals surface area (Å²) in [5.74, 6) is 4.27. The van der Waals surface area contributed by atoms with Gasteiger partial charge in [0.25, 0.3) is 0 Å². The van der Waals surface area contributed by atoms with Gasteiger partial charge in [0.1, 0.15) is 0 Å². The first kappa shape index (κ1) is 13.0. The lowest BCUT2D eigenvalue weighted by Crippen LogP contribution is -2.58. The average Bonchev–Trinajstić information content (AvgIpc) is 2.09. The van der Waals surface area contributed by atoms with Gasteiger partial charge in [-0.3, -0.25) is 0 Å². The molecule has 0 saturated heterocycles. The maximum absolute atomic E-state index is 2.46. The van der Waals surface area contributed by atoms with Gasteiger partial charge in [0.2, 0.25) is 0 Å². The van der Waals surface area contributed by atoms with Crippen LogP contribution in [0.4, 0.5) is 0 Å². The van der Waals surface area contributed by atoms with Gasteiger partial charge in [0, 0.05) is 11.8 Å². The van der Waals surface area contributed by atoms with Gasteiger partial charge in [-0.2, -0.15) is 0 Å². The van der Waals surface area contributed by atoms with Crippen LogP contribution < -0.4 is 0 Å². The Kier molecular flexibility index (Phi) is 3.55.